The van der Waals surface area contributed by atoms with Crippen molar-refractivity contribution in [3.05, 3.63) is 53.1 Å². The molecule has 0 radical (unpaired) electrons. The Morgan fingerprint density at radius 1 is 1.15 bits per heavy atom. The van der Waals surface area contributed by atoms with E-state index in [1.165, 1.54) is 7.11 Å². The summed E-state index contributed by atoms with van der Waals surface area (Å²) < 4.78 is 15.5. The molecule has 0 bridgehead atoms. The van der Waals surface area contributed by atoms with Gasteiger partial charge in [-0.1, -0.05) is 11.6 Å². The van der Waals surface area contributed by atoms with Crippen LogP contribution in [0.1, 0.15) is 17.3 Å². The third-order valence-corrected chi connectivity index (χ3v) is 4.12. The van der Waals surface area contributed by atoms with Crippen molar-refractivity contribution in [1.29, 1.82) is 0 Å². The zero-order chi connectivity index (χ0) is 19.8. The summed E-state index contributed by atoms with van der Waals surface area (Å²) >= 11 is 11.5. The first-order valence-electron chi connectivity index (χ1n) is 8.15. The number of anilines is 1. The van der Waals surface area contributed by atoms with E-state index in [1.54, 1.807) is 25.3 Å². The normalized spacial score (nSPS) is 11.3. The summed E-state index contributed by atoms with van der Waals surface area (Å²) in [6, 6.07) is 12.0. The molecule has 0 fully saturated rings. The van der Waals surface area contributed by atoms with E-state index in [0.717, 1.165) is 11.5 Å². The number of benzene rings is 2. The molecule has 144 valence electrons. The number of rotatable bonds is 7. The van der Waals surface area contributed by atoms with E-state index in [-0.39, 0.29) is 6.04 Å². The molecule has 2 aromatic carbocycles. The highest BCUT2D eigenvalue weighted by atomic mass is 35.5. The second kappa shape index (κ2) is 9.99. The lowest BCUT2D eigenvalue weighted by Crippen LogP contribution is -2.39. The van der Waals surface area contributed by atoms with Gasteiger partial charge in [0.1, 0.15) is 18.1 Å². The van der Waals surface area contributed by atoms with E-state index in [4.69, 9.17) is 38.0 Å². The van der Waals surface area contributed by atoms with E-state index >= 15 is 0 Å². The predicted octanol–water partition coefficient (Wildman–Crippen LogP) is 3.89. The Hall–Kier alpha value is -2.51. The summed E-state index contributed by atoms with van der Waals surface area (Å²) in [6.45, 7) is 2.34. The van der Waals surface area contributed by atoms with Crippen molar-refractivity contribution in [3.63, 3.8) is 0 Å². The number of ether oxygens (including phenoxy) is 3. The van der Waals surface area contributed by atoms with Crippen LogP contribution >= 0.6 is 23.8 Å². The fourth-order valence-electron chi connectivity index (χ4n) is 2.18. The average molecular weight is 409 g/mol. The summed E-state index contributed by atoms with van der Waals surface area (Å²) in [5, 5.41) is 6.89. The summed E-state index contributed by atoms with van der Waals surface area (Å²) in [5.74, 6) is 1.05. The lowest BCUT2D eigenvalue weighted by atomic mass is 10.2. The molecule has 8 heteroatoms. The molecule has 1 atom stereocenters. The van der Waals surface area contributed by atoms with Gasteiger partial charge < -0.3 is 24.8 Å². The number of hydrogen-bond donors (Lipinski definition) is 2. The zero-order valence-electron chi connectivity index (χ0n) is 15.2. The fourth-order valence-corrected chi connectivity index (χ4v) is 2.66. The smallest absolute Gasteiger partial charge is 0.337 e. The molecular formula is C19H21ClN2O4S. The first-order valence-corrected chi connectivity index (χ1v) is 8.93. The Balaban J connectivity index is 1.88. The molecule has 2 rings (SSSR count). The van der Waals surface area contributed by atoms with E-state index in [1.807, 2.05) is 31.2 Å². The Morgan fingerprint density at radius 3 is 2.44 bits per heavy atom. The summed E-state index contributed by atoms with van der Waals surface area (Å²) in [6.07, 6.45) is 0. The predicted molar refractivity (Wildman–Crippen MR) is 110 cm³/mol. The van der Waals surface area contributed by atoms with Gasteiger partial charge in [-0.15, -0.1) is 0 Å². The Bertz CT molecular complexity index is 799. The van der Waals surface area contributed by atoms with Crippen LogP contribution in [0.5, 0.6) is 11.5 Å². The first kappa shape index (κ1) is 20.8. The number of thiocarbonyl (C=S) groups is 1. The average Bonchev–Trinajstić information content (AvgIpc) is 2.67. The van der Waals surface area contributed by atoms with Crippen molar-refractivity contribution >= 4 is 40.6 Å². The Morgan fingerprint density at radius 2 is 1.81 bits per heavy atom. The third-order valence-electron chi connectivity index (χ3n) is 3.57. The Labute approximate surface area is 168 Å². The number of halogens is 1. The molecule has 0 saturated heterocycles. The molecule has 0 aliphatic rings. The molecule has 0 spiro atoms. The van der Waals surface area contributed by atoms with Crippen LogP contribution in [0.2, 0.25) is 5.02 Å². The molecule has 0 unspecified atom stereocenters. The summed E-state index contributed by atoms with van der Waals surface area (Å²) in [4.78, 5) is 11.6. The maximum absolute atomic E-state index is 11.6. The fraction of sp³-hybridized carbons (Fsp3) is 0.263. The van der Waals surface area contributed by atoms with Crippen molar-refractivity contribution < 1.29 is 19.0 Å². The van der Waals surface area contributed by atoms with Gasteiger partial charge in [-0.3, -0.25) is 0 Å². The topological polar surface area (TPSA) is 68.8 Å². The van der Waals surface area contributed by atoms with Crippen LogP contribution < -0.4 is 20.1 Å². The summed E-state index contributed by atoms with van der Waals surface area (Å²) in [5.41, 5.74) is 0.892. The molecule has 0 saturated carbocycles. The van der Waals surface area contributed by atoms with Crippen LogP contribution in [0.4, 0.5) is 5.69 Å². The number of esters is 1. The van der Waals surface area contributed by atoms with Gasteiger partial charge in [-0.25, -0.2) is 4.79 Å². The second-order valence-electron chi connectivity index (χ2n) is 5.67. The number of hydrogen-bond acceptors (Lipinski definition) is 5. The van der Waals surface area contributed by atoms with E-state index in [2.05, 4.69) is 10.6 Å². The van der Waals surface area contributed by atoms with Crippen molar-refractivity contribution in [2.45, 2.75) is 13.0 Å². The molecule has 0 heterocycles. The van der Waals surface area contributed by atoms with Gasteiger partial charge in [-0.05, 0) is 61.6 Å². The van der Waals surface area contributed by atoms with Gasteiger partial charge in [0.25, 0.3) is 0 Å². The number of methoxy groups -OCH3 is 2. The lowest BCUT2D eigenvalue weighted by molar-refractivity contribution is 0.0601. The van der Waals surface area contributed by atoms with Gasteiger partial charge in [0.2, 0.25) is 0 Å². The highest BCUT2D eigenvalue weighted by Gasteiger charge is 2.11. The van der Waals surface area contributed by atoms with Gasteiger partial charge >= 0.3 is 5.97 Å². The zero-order valence-corrected chi connectivity index (χ0v) is 16.8. The minimum absolute atomic E-state index is 0.0605. The SMILES string of the molecule is COC(=O)c1ccc(Cl)c(NC(=S)N[C@@H](C)COc2ccc(OC)cc2)c1. The van der Waals surface area contributed by atoms with Crippen molar-refractivity contribution in [2.75, 3.05) is 26.1 Å². The van der Waals surface area contributed by atoms with Crippen LogP contribution in [0, 0.1) is 0 Å². The van der Waals surface area contributed by atoms with Crippen LogP contribution in [-0.4, -0.2) is 38.0 Å². The second-order valence-corrected chi connectivity index (χ2v) is 6.49. The van der Waals surface area contributed by atoms with Crippen molar-refractivity contribution in [2.24, 2.45) is 0 Å². The van der Waals surface area contributed by atoms with Gasteiger partial charge in [-0.2, -0.15) is 0 Å². The van der Waals surface area contributed by atoms with Crippen molar-refractivity contribution in [1.82, 2.24) is 5.32 Å². The molecular weight excluding hydrogens is 388 g/mol. The van der Waals surface area contributed by atoms with E-state index in [9.17, 15) is 4.79 Å². The third kappa shape index (κ3) is 6.30. The van der Waals surface area contributed by atoms with Gasteiger partial charge in [0.05, 0.1) is 36.5 Å². The molecule has 2 N–H and O–H groups in total. The minimum atomic E-state index is -0.449. The maximum atomic E-state index is 11.6. The van der Waals surface area contributed by atoms with Gasteiger partial charge in [0.15, 0.2) is 5.11 Å². The molecule has 2 aromatic rings. The highest BCUT2D eigenvalue weighted by Crippen LogP contribution is 2.23. The monoisotopic (exact) mass is 408 g/mol. The first-order chi connectivity index (χ1) is 12.9. The van der Waals surface area contributed by atoms with E-state index in [0.29, 0.717) is 28.0 Å². The molecule has 0 amide bonds. The van der Waals surface area contributed by atoms with E-state index < -0.39 is 5.97 Å². The van der Waals surface area contributed by atoms with Crippen LogP contribution in [0.15, 0.2) is 42.5 Å². The molecule has 27 heavy (non-hydrogen) atoms. The van der Waals surface area contributed by atoms with Crippen LogP contribution in [0.3, 0.4) is 0 Å². The number of carbonyl (C=O) groups excluding carboxylic acids is 1. The molecule has 0 aromatic heterocycles. The van der Waals surface area contributed by atoms with Crippen molar-refractivity contribution in [3.8, 4) is 11.5 Å². The molecule has 6 nitrogen and oxygen atoms in total. The maximum Gasteiger partial charge on any atom is 0.337 e. The largest absolute Gasteiger partial charge is 0.497 e. The highest BCUT2D eigenvalue weighted by molar-refractivity contribution is 7.80. The molecule has 0 aliphatic carbocycles. The molecule has 0 aliphatic heterocycles. The van der Waals surface area contributed by atoms with Crippen LogP contribution in [0.25, 0.3) is 0 Å². The van der Waals surface area contributed by atoms with Gasteiger partial charge in [0, 0.05) is 0 Å². The minimum Gasteiger partial charge on any atom is -0.497 e. The quantitative estimate of drug-likeness (QED) is 0.532. The lowest BCUT2D eigenvalue weighted by Gasteiger charge is -2.18. The Kier molecular flexibility index (Phi) is 7.69. The standard InChI is InChI=1S/C19H21ClN2O4S/c1-12(11-26-15-7-5-14(24-2)6-8-15)21-19(27)22-17-10-13(18(23)25-3)4-9-16(17)20/h4-10,12H,11H2,1-3H3,(H2,21,22,27)/t12-/m0/s1. The summed E-state index contributed by atoms with van der Waals surface area (Å²) in [7, 11) is 2.93. The number of nitrogens with one attached hydrogen (secondary N) is 2. The number of carbonyl (C=O) groups is 1. The van der Waals surface area contributed by atoms with Crippen LogP contribution in [-0.2, 0) is 4.74 Å².